The minimum atomic E-state index is -0.434. The van der Waals surface area contributed by atoms with E-state index in [2.05, 4.69) is 11.4 Å². The number of rotatable bonds is 4. The molecule has 98 valence electrons. The number of hydrogen-bond acceptors (Lipinski definition) is 3. The van der Waals surface area contributed by atoms with E-state index >= 15 is 0 Å². The monoisotopic (exact) mass is 248 g/mol. The minimum Gasteiger partial charge on any atom is -0.363 e. The molecule has 0 radical (unpaired) electrons. The van der Waals surface area contributed by atoms with Gasteiger partial charge >= 0.3 is 0 Å². The zero-order valence-corrected chi connectivity index (χ0v) is 11.0. The summed E-state index contributed by atoms with van der Waals surface area (Å²) in [4.78, 5) is 14.1. The number of carbonyl (C=O) groups is 1. The largest absolute Gasteiger partial charge is 0.363 e. The summed E-state index contributed by atoms with van der Waals surface area (Å²) in [7, 11) is 3.70. The molecular formula is C14H20N2O2. The first-order chi connectivity index (χ1) is 8.74. The number of ether oxygens (including phenoxy) is 1. The summed E-state index contributed by atoms with van der Waals surface area (Å²) in [6.07, 6.45) is 0.456. The van der Waals surface area contributed by atoms with Crippen LogP contribution in [0.2, 0.25) is 0 Å². The number of likely N-dealkylation sites (N-methyl/N-ethyl adjacent to an activating group) is 2. The second kappa shape index (κ2) is 5.98. The Hall–Kier alpha value is -1.39. The third kappa shape index (κ3) is 2.71. The van der Waals surface area contributed by atoms with E-state index in [-0.39, 0.29) is 5.91 Å². The Morgan fingerprint density at radius 1 is 1.50 bits per heavy atom. The van der Waals surface area contributed by atoms with Gasteiger partial charge in [-0.3, -0.25) is 4.79 Å². The van der Waals surface area contributed by atoms with Crippen molar-refractivity contribution >= 4 is 5.91 Å². The van der Waals surface area contributed by atoms with Crippen LogP contribution in [-0.2, 0) is 16.0 Å². The van der Waals surface area contributed by atoms with E-state index in [1.165, 1.54) is 5.56 Å². The molecule has 1 heterocycles. The summed E-state index contributed by atoms with van der Waals surface area (Å²) in [5.74, 6) is 0.0393. The molecule has 0 bridgehead atoms. The van der Waals surface area contributed by atoms with E-state index in [4.69, 9.17) is 4.74 Å². The summed E-state index contributed by atoms with van der Waals surface area (Å²) >= 11 is 0. The maximum Gasteiger partial charge on any atom is 0.256 e. The number of benzene rings is 1. The fraction of sp³-hybridized carbons (Fsp3) is 0.500. The number of fused-ring (bicyclic) bond motifs is 1. The summed E-state index contributed by atoms with van der Waals surface area (Å²) in [5, 5.41) is 3.04. The van der Waals surface area contributed by atoms with Crippen molar-refractivity contribution in [2.24, 2.45) is 0 Å². The quantitative estimate of drug-likeness (QED) is 0.863. The molecule has 0 saturated carbocycles. The Labute approximate surface area is 108 Å². The van der Waals surface area contributed by atoms with Crippen LogP contribution >= 0.6 is 0 Å². The van der Waals surface area contributed by atoms with E-state index in [0.717, 1.165) is 18.5 Å². The number of nitrogens with one attached hydrogen (secondary N) is 1. The molecule has 0 spiro atoms. The van der Waals surface area contributed by atoms with Gasteiger partial charge in [-0.05, 0) is 24.6 Å². The van der Waals surface area contributed by atoms with Gasteiger partial charge in [0.1, 0.15) is 0 Å². The van der Waals surface area contributed by atoms with Gasteiger partial charge in [0.2, 0.25) is 0 Å². The number of hydrogen-bond donors (Lipinski definition) is 1. The molecule has 0 aromatic heterocycles. The van der Waals surface area contributed by atoms with Crippen LogP contribution in [-0.4, -0.2) is 44.6 Å². The Morgan fingerprint density at radius 2 is 2.28 bits per heavy atom. The molecule has 1 aliphatic rings. The van der Waals surface area contributed by atoms with Gasteiger partial charge in [-0.25, -0.2) is 0 Å². The summed E-state index contributed by atoms with van der Waals surface area (Å²) in [6, 6.07) is 8.03. The van der Waals surface area contributed by atoms with E-state index in [9.17, 15) is 4.79 Å². The molecule has 4 nitrogen and oxygen atoms in total. The lowest BCUT2D eigenvalue weighted by molar-refractivity contribution is -0.143. The van der Waals surface area contributed by atoms with E-state index < -0.39 is 6.10 Å². The summed E-state index contributed by atoms with van der Waals surface area (Å²) in [6.45, 7) is 2.10. The fourth-order valence-electron chi connectivity index (χ4n) is 2.19. The lowest BCUT2D eigenvalue weighted by Gasteiger charge is -2.28. The van der Waals surface area contributed by atoms with Crippen molar-refractivity contribution in [1.82, 2.24) is 10.2 Å². The molecule has 0 aliphatic carbocycles. The van der Waals surface area contributed by atoms with Crippen molar-refractivity contribution in [2.45, 2.75) is 12.5 Å². The molecule has 1 unspecified atom stereocenters. The molecule has 1 aromatic rings. The molecule has 18 heavy (non-hydrogen) atoms. The molecular weight excluding hydrogens is 228 g/mol. The molecule has 4 heteroatoms. The standard InChI is InChI=1S/C14H20N2O2/c1-15-8-9-16(2)14(17)13-12-6-4-3-5-11(12)7-10-18-13/h3-6,13,15H,7-10H2,1-2H3. The Morgan fingerprint density at radius 3 is 3.06 bits per heavy atom. The molecule has 0 saturated heterocycles. The van der Waals surface area contributed by atoms with Crippen molar-refractivity contribution in [1.29, 1.82) is 0 Å². The van der Waals surface area contributed by atoms with Gasteiger partial charge in [0, 0.05) is 20.1 Å². The van der Waals surface area contributed by atoms with Crippen LogP contribution in [0.3, 0.4) is 0 Å². The van der Waals surface area contributed by atoms with Crippen molar-refractivity contribution in [3.8, 4) is 0 Å². The molecule has 0 fully saturated rings. The van der Waals surface area contributed by atoms with E-state index in [1.807, 2.05) is 32.3 Å². The first kappa shape index (κ1) is 13.1. The smallest absolute Gasteiger partial charge is 0.256 e. The normalized spacial score (nSPS) is 18.2. The summed E-state index contributed by atoms with van der Waals surface area (Å²) in [5.41, 5.74) is 2.24. The van der Waals surface area contributed by atoms with Gasteiger partial charge in [0.05, 0.1) is 6.61 Å². The van der Waals surface area contributed by atoms with Crippen LogP contribution in [0, 0.1) is 0 Å². The third-order valence-electron chi connectivity index (χ3n) is 3.29. The first-order valence-electron chi connectivity index (χ1n) is 6.33. The second-order valence-electron chi connectivity index (χ2n) is 4.56. The maximum atomic E-state index is 12.3. The lowest BCUT2D eigenvalue weighted by atomic mass is 9.97. The highest BCUT2D eigenvalue weighted by atomic mass is 16.5. The van der Waals surface area contributed by atoms with Gasteiger partial charge in [0.25, 0.3) is 5.91 Å². The van der Waals surface area contributed by atoms with Crippen LogP contribution in [0.5, 0.6) is 0 Å². The topological polar surface area (TPSA) is 41.6 Å². The predicted molar refractivity (Wildman–Crippen MR) is 70.4 cm³/mol. The van der Waals surface area contributed by atoms with E-state index in [0.29, 0.717) is 13.2 Å². The van der Waals surface area contributed by atoms with Crippen molar-refractivity contribution in [2.75, 3.05) is 33.8 Å². The highest BCUT2D eigenvalue weighted by Gasteiger charge is 2.29. The van der Waals surface area contributed by atoms with Gasteiger partial charge in [-0.15, -0.1) is 0 Å². The van der Waals surface area contributed by atoms with Gasteiger partial charge in [-0.1, -0.05) is 24.3 Å². The average Bonchev–Trinajstić information content (AvgIpc) is 2.43. The Balaban J connectivity index is 2.12. The van der Waals surface area contributed by atoms with Crippen molar-refractivity contribution in [3.63, 3.8) is 0 Å². The van der Waals surface area contributed by atoms with Crippen LogP contribution in [0.25, 0.3) is 0 Å². The third-order valence-corrected chi connectivity index (χ3v) is 3.29. The van der Waals surface area contributed by atoms with Crippen LogP contribution in [0.15, 0.2) is 24.3 Å². The van der Waals surface area contributed by atoms with Crippen molar-refractivity contribution < 1.29 is 9.53 Å². The molecule has 1 aromatic carbocycles. The molecule has 1 N–H and O–H groups in total. The highest BCUT2D eigenvalue weighted by Crippen LogP contribution is 2.28. The van der Waals surface area contributed by atoms with Crippen LogP contribution in [0.1, 0.15) is 17.2 Å². The zero-order chi connectivity index (χ0) is 13.0. The van der Waals surface area contributed by atoms with Crippen LogP contribution < -0.4 is 5.32 Å². The maximum absolute atomic E-state index is 12.3. The Kier molecular flexibility index (Phi) is 4.33. The fourth-order valence-corrected chi connectivity index (χ4v) is 2.19. The molecule has 1 atom stereocenters. The molecule has 2 rings (SSSR count). The first-order valence-corrected chi connectivity index (χ1v) is 6.33. The number of carbonyl (C=O) groups excluding carboxylic acids is 1. The van der Waals surface area contributed by atoms with E-state index in [1.54, 1.807) is 4.90 Å². The average molecular weight is 248 g/mol. The van der Waals surface area contributed by atoms with Crippen LogP contribution in [0.4, 0.5) is 0 Å². The molecule has 1 aliphatic heterocycles. The number of nitrogens with zero attached hydrogens (tertiary/aromatic N) is 1. The van der Waals surface area contributed by atoms with Gasteiger partial charge in [-0.2, -0.15) is 0 Å². The lowest BCUT2D eigenvalue weighted by Crippen LogP contribution is -2.38. The summed E-state index contributed by atoms with van der Waals surface area (Å²) < 4.78 is 5.66. The highest BCUT2D eigenvalue weighted by molar-refractivity contribution is 5.82. The Bertz CT molecular complexity index is 420. The number of amides is 1. The predicted octanol–water partition coefficient (Wildman–Crippen LogP) is 0.978. The van der Waals surface area contributed by atoms with Gasteiger partial charge in [0.15, 0.2) is 6.10 Å². The van der Waals surface area contributed by atoms with Gasteiger partial charge < -0.3 is 15.0 Å². The van der Waals surface area contributed by atoms with Crippen molar-refractivity contribution in [3.05, 3.63) is 35.4 Å². The zero-order valence-electron chi connectivity index (χ0n) is 11.0. The second-order valence-corrected chi connectivity index (χ2v) is 4.56. The minimum absolute atomic E-state index is 0.0393. The molecule has 1 amide bonds. The SMILES string of the molecule is CNCCN(C)C(=O)C1OCCc2ccccc21.